The summed E-state index contributed by atoms with van der Waals surface area (Å²) in [6, 6.07) is 16.5. The molecule has 5 aromatic rings. The highest BCUT2D eigenvalue weighted by atomic mass is 32.1. The maximum Gasteiger partial charge on any atom is 0.261 e. The first kappa shape index (κ1) is 21.6. The van der Waals surface area contributed by atoms with Gasteiger partial charge in [0.1, 0.15) is 5.76 Å². The van der Waals surface area contributed by atoms with Gasteiger partial charge in [-0.05, 0) is 42.8 Å². The lowest BCUT2D eigenvalue weighted by atomic mass is 10.1. The van der Waals surface area contributed by atoms with Crippen LogP contribution in [0.5, 0.6) is 0 Å². The first-order valence-electron chi connectivity index (χ1n) is 10.6. The SMILES string of the molecule is Cc1c(C(=O)Nc2nc3ccccc3s2)c(NCc2cccnc2)cc(=O)n1Cc1ccco1. The number of aromatic nitrogens is 3. The van der Waals surface area contributed by atoms with Crippen molar-refractivity contribution in [1.29, 1.82) is 0 Å². The Balaban J connectivity index is 1.51. The number of furan rings is 1. The van der Waals surface area contributed by atoms with Gasteiger partial charge >= 0.3 is 0 Å². The molecule has 0 saturated carbocycles. The molecule has 0 spiro atoms. The van der Waals surface area contributed by atoms with Crippen molar-refractivity contribution in [3.63, 3.8) is 0 Å². The third-order valence-corrected chi connectivity index (χ3v) is 6.36. The van der Waals surface area contributed by atoms with E-state index in [4.69, 9.17) is 4.42 Å². The van der Waals surface area contributed by atoms with E-state index in [1.54, 1.807) is 37.7 Å². The van der Waals surface area contributed by atoms with E-state index in [0.29, 0.717) is 34.4 Å². The Kier molecular flexibility index (Phi) is 5.92. The molecule has 0 unspecified atom stereocenters. The van der Waals surface area contributed by atoms with Gasteiger partial charge in [-0.15, -0.1) is 0 Å². The standard InChI is InChI=1S/C25H21N5O3S/c1-16-23(24(32)29-25-28-19-8-2-3-9-21(19)34-25)20(27-14-17-6-4-10-26-13-17)12-22(31)30(16)15-18-7-5-11-33-18/h2-13,27H,14-15H2,1H3,(H,28,29,32). The van der Waals surface area contributed by atoms with Crippen molar-refractivity contribution < 1.29 is 9.21 Å². The topological polar surface area (TPSA) is 102 Å². The molecule has 0 atom stereocenters. The smallest absolute Gasteiger partial charge is 0.261 e. The first-order valence-corrected chi connectivity index (χ1v) is 11.5. The summed E-state index contributed by atoms with van der Waals surface area (Å²) in [6.07, 6.45) is 4.99. The highest BCUT2D eigenvalue weighted by Crippen LogP contribution is 2.27. The van der Waals surface area contributed by atoms with E-state index < -0.39 is 0 Å². The molecule has 0 aliphatic heterocycles. The van der Waals surface area contributed by atoms with Gasteiger partial charge in [-0.3, -0.25) is 19.9 Å². The minimum Gasteiger partial charge on any atom is -0.467 e. The van der Waals surface area contributed by atoms with Gasteiger partial charge in [0.15, 0.2) is 5.13 Å². The van der Waals surface area contributed by atoms with Gasteiger partial charge in [0.05, 0.1) is 34.3 Å². The summed E-state index contributed by atoms with van der Waals surface area (Å²) in [5.41, 5.74) is 2.85. The van der Waals surface area contributed by atoms with Gasteiger partial charge in [0.25, 0.3) is 11.5 Å². The molecule has 1 amide bonds. The fourth-order valence-corrected chi connectivity index (χ4v) is 4.60. The molecule has 8 nitrogen and oxygen atoms in total. The lowest BCUT2D eigenvalue weighted by Crippen LogP contribution is -2.28. The average molecular weight is 472 g/mol. The van der Waals surface area contributed by atoms with Gasteiger partial charge in [-0.2, -0.15) is 0 Å². The second-order valence-electron chi connectivity index (χ2n) is 7.68. The molecule has 0 radical (unpaired) electrons. The minimum atomic E-state index is -0.349. The lowest BCUT2D eigenvalue weighted by Gasteiger charge is -2.18. The van der Waals surface area contributed by atoms with E-state index in [0.717, 1.165) is 15.8 Å². The molecule has 2 N–H and O–H groups in total. The Morgan fingerprint density at radius 1 is 1.15 bits per heavy atom. The number of fused-ring (bicyclic) bond motifs is 1. The molecule has 0 saturated heterocycles. The van der Waals surface area contributed by atoms with Crippen molar-refractivity contribution in [2.75, 3.05) is 10.6 Å². The minimum absolute atomic E-state index is 0.224. The zero-order valence-electron chi connectivity index (χ0n) is 18.3. The zero-order valence-corrected chi connectivity index (χ0v) is 19.1. The summed E-state index contributed by atoms with van der Waals surface area (Å²) in [5.74, 6) is 0.275. The van der Waals surface area contributed by atoms with E-state index in [1.165, 1.54) is 22.0 Å². The van der Waals surface area contributed by atoms with E-state index in [-0.39, 0.29) is 18.0 Å². The number of rotatable bonds is 7. The number of nitrogens with one attached hydrogen (secondary N) is 2. The van der Waals surface area contributed by atoms with Crippen LogP contribution in [0.15, 0.2) is 82.5 Å². The summed E-state index contributed by atoms with van der Waals surface area (Å²) in [4.78, 5) is 35.1. The number of para-hydroxylation sites is 1. The second kappa shape index (κ2) is 9.32. The van der Waals surface area contributed by atoms with Crippen LogP contribution in [0.2, 0.25) is 0 Å². The van der Waals surface area contributed by atoms with Crippen LogP contribution in [-0.2, 0) is 13.1 Å². The van der Waals surface area contributed by atoms with Crippen molar-refractivity contribution in [2.24, 2.45) is 0 Å². The Hall–Kier alpha value is -4.24. The van der Waals surface area contributed by atoms with E-state index in [9.17, 15) is 9.59 Å². The highest BCUT2D eigenvalue weighted by molar-refractivity contribution is 7.22. The molecule has 0 fully saturated rings. The normalized spacial score (nSPS) is 11.0. The summed E-state index contributed by atoms with van der Waals surface area (Å²) in [5, 5.41) is 6.64. The largest absolute Gasteiger partial charge is 0.467 e. The molecule has 0 aliphatic rings. The zero-order chi connectivity index (χ0) is 23.5. The quantitative estimate of drug-likeness (QED) is 0.358. The average Bonchev–Trinajstić information content (AvgIpc) is 3.50. The van der Waals surface area contributed by atoms with Crippen LogP contribution in [0.4, 0.5) is 10.8 Å². The molecule has 34 heavy (non-hydrogen) atoms. The number of nitrogens with zero attached hydrogens (tertiary/aromatic N) is 3. The van der Waals surface area contributed by atoms with Crippen molar-refractivity contribution in [3.8, 4) is 0 Å². The molecule has 0 aliphatic carbocycles. The predicted octanol–water partition coefficient (Wildman–Crippen LogP) is 4.67. The van der Waals surface area contributed by atoms with Gasteiger partial charge in [-0.1, -0.05) is 29.5 Å². The van der Waals surface area contributed by atoms with Crippen LogP contribution in [0.3, 0.4) is 0 Å². The fourth-order valence-electron chi connectivity index (χ4n) is 3.73. The van der Waals surface area contributed by atoms with Crippen molar-refractivity contribution in [3.05, 3.63) is 106 Å². The van der Waals surface area contributed by atoms with Crippen LogP contribution in [0.1, 0.15) is 27.4 Å². The number of amides is 1. The van der Waals surface area contributed by atoms with Crippen molar-refractivity contribution >= 4 is 38.3 Å². The summed E-state index contributed by atoms with van der Waals surface area (Å²) in [6.45, 7) is 2.39. The van der Waals surface area contributed by atoms with E-state index in [2.05, 4.69) is 20.6 Å². The third kappa shape index (κ3) is 4.46. The summed E-state index contributed by atoms with van der Waals surface area (Å²) >= 11 is 1.40. The summed E-state index contributed by atoms with van der Waals surface area (Å²) in [7, 11) is 0. The van der Waals surface area contributed by atoms with E-state index in [1.807, 2.05) is 36.4 Å². The molecule has 1 aromatic carbocycles. The molecule has 4 heterocycles. The number of carbonyl (C=O) groups excluding carboxylic acids is 1. The molecular weight excluding hydrogens is 450 g/mol. The molecule has 0 bridgehead atoms. The second-order valence-corrected chi connectivity index (χ2v) is 8.71. The lowest BCUT2D eigenvalue weighted by molar-refractivity contribution is 0.102. The molecular formula is C25H21N5O3S. The van der Waals surface area contributed by atoms with Gasteiger partial charge < -0.3 is 14.3 Å². The van der Waals surface area contributed by atoms with Gasteiger partial charge in [-0.25, -0.2) is 4.98 Å². The molecule has 170 valence electrons. The Morgan fingerprint density at radius 3 is 2.79 bits per heavy atom. The fraction of sp³-hybridized carbons (Fsp3) is 0.120. The number of pyridine rings is 2. The Labute approximate surface area is 198 Å². The monoisotopic (exact) mass is 471 g/mol. The Morgan fingerprint density at radius 2 is 2.03 bits per heavy atom. The number of hydrogen-bond donors (Lipinski definition) is 2. The first-order chi connectivity index (χ1) is 16.6. The summed E-state index contributed by atoms with van der Waals surface area (Å²) < 4.78 is 7.93. The molecule has 4 aromatic heterocycles. The number of hydrogen-bond acceptors (Lipinski definition) is 7. The number of carbonyl (C=O) groups is 1. The molecule has 5 rings (SSSR count). The van der Waals surface area contributed by atoms with Crippen molar-refractivity contribution in [2.45, 2.75) is 20.0 Å². The predicted molar refractivity (Wildman–Crippen MR) is 132 cm³/mol. The number of anilines is 2. The van der Waals surface area contributed by atoms with Crippen LogP contribution >= 0.6 is 11.3 Å². The van der Waals surface area contributed by atoms with Gasteiger partial charge in [0.2, 0.25) is 0 Å². The van der Waals surface area contributed by atoms with Gasteiger partial charge in [0, 0.05) is 30.7 Å². The van der Waals surface area contributed by atoms with Crippen LogP contribution in [-0.4, -0.2) is 20.4 Å². The van der Waals surface area contributed by atoms with Crippen LogP contribution in [0.25, 0.3) is 10.2 Å². The highest BCUT2D eigenvalue weighted by Gasteiger charge is 2.21. The van der Waals surface area contributed by atoms with E-state index >= 15 is 0 Å². The van der Waals surface area contributed by atoms with Crippen LogP contribution in [0, 0.1) is 6.92 Å². The maximum absolute atomic E-state index is 13.5. The van der Waals surface area contributed by atoms with Crippen molar-refractivity contribution in [1.82, 2.24) is 14.5 Å². The third-order valence-electron chi connectivity index (χ3n) is 5.41. The molecule has 9 heteroatoms. The maximum atomic E-state index is 13.5. The number of thiazole rings is 1. The Bertz CT molecular complexity index is 1470. The van der Waals surface area contributed by atoms with Crippen LogP contribution < -0.4 is 16.2 Å². The number of benzene rings is 1.